The van der Waals surface area contributed by atoms with Crippen molar-refractivity contribution in [1.29, 1.82) is 0 Å². The van der Waals surface area contributed by atoms with Crippen LogP contribution in [0.2, 0.25) is 0 Å². The van der Waals surface area contributed by atoms with E-state index in [-0.39, 0.29) is 5.41 Å². The lowest BCUT2D eigenvalue weighted by molar-refractivity contribution is 0.137. The van der Waals surface area contributed by atoms with Crippen molar-refractivity contribution in [3.63, 3.8) is 0 Å². The van der Waals surface area contributed by atoms with Gasteiger partial charge < -0.3 is 15.3 Å². The predicted octanol–water partition coefficient (Wildman–Crippen LogP) is 4.08. The summed E-state index contributed by atoms with van der Waals surface area (Å²) in [6.07, 6.45) is 1.86. The van der Waals surface area contributed by atoms with Crippen molar-refractivity contribution in [2.75, 3.05) is 0 Å². The maximum absolute atomic E-state index is 9.20. The van der Waals surface area contributed by atoms with Crippen molar-refractivity contribution in [1.82, 2.24) is 0 Å². The molecule has 0 atom stereocenters. The van der Waals surface area contributed by atoms with Gasteiger partial charge >= 0.3 is 6.16 Å². The van der Waals surface area contributed by atoms with E-state index in [1.54, 1.807) is 12.1 Å². The van der Waals surface area contributed by atoms with E-state index in [0.29, 0.717) is 5.75 Å². The van der Waals surface area contributed by atoms with Gasteiger partial charge in [0.15, 0.2) is 0 Å². The summed E-state index contributed by atoms with van der Waals surface area (Å²) in [5, 5.41) is 23.1. The summed E-state index contributed by atoms with van der Waals surface area (Å²) >= 11 is 0. The molecular formula is C14H22O4. The number of hydrogen-bond donors (Lipinski definition) is 3. The second-order valence-electron chi connectivity index (χ2n) is 4.82. The van der Waals surface area contributed by atoms with Crippen molar-refractivity contribution in [3.8, 4) is 5.75 Å². The molecule has 0 fully saturated rings. The lowest BCUT2D eigenvalue weighted by atomic mass is 9.80. The minimum atomic E-state index is -1.83. The summed E-state index contributed by atoms with van der Waals surface area (Å²) in [4.78, 5) is 8.56. The van der Waals surface area contributed by atoms with Crippen LogP contribution < -0.4 is 0 Å². The predicted molar refractivity (Wildman–Crippen MR) is 71.3 cm³/mol. The molecule has 0 aromatic heterocycles. The lowest BCUT2D eigenvalue weighted by Gasteiger charge is -2.25. The van der Waals surface area contributed by atoms with Crippen LogP contribution in [-0.4, -0.2) is 21.5 Å². The van der Waals surface area contributed by atoms with Gasteiger partial charge in [-0.15, -0.1) is 0 Å². The molecule has 0 amide bonds. The van der Waals surface area contributed by atoms with Gasteiger partial charge in [0.05, 0.1) is 0 Å². The molecule has 0 aliphatic heterocycles. The zero-order valence-electron chi connectivity index (χ0n) is 11.2. The molecule has 3 N–H and O–H groups in total. The molecule has 0 aliphatic rings. The normalized spacial score (nSPS) is 10.4. The standard InChI is InChI=1S/C13H20O.CH2O3/c1-4-5-10-13(2,3)11-6-8-12(14)9-7-11;2-1(3)4/h6-9,14H,4-5,10H2,1-3H3;(H2,2,3,4). The largest absolute Gasteiger partial charge is 0.508 e. The first kappa shape index (κ1) is 16.3. The van der Waals surface area contributed by atoms with Crippen LogP contribution in [0.15, 0.2) is 24.3 Å². The van der Waals surface area contributed by atoms with Crippen molar-refractivity contribution < 1.29 is 20.1 Å². The highest BCUT2D eigenvalue weighted by molar-refractivity contribution is 5.53. The second kappa shape index (κ2) is 7.58. The van der Waals surface area contributed by atoms with Gasteiger partial charge in [0.25, 0.3) is 0 Å². The summed E-state index contributed by atoms with van der Waals surface area (Å²) in [5.74, 6) is 0.347. The van der Waals surface area contributed by atoms with Crippen LogP contribution in [0.5, 0.6) is 5.75 Å². The van der Waals surface area contributed by atoms with E-state index in [1.807, 2.05) is 12.1 Å². The number of unbranched alkanes of at least 4 members (excludes halogenated alkanes) is 1. The molecule has 0 saturated heterocycles. The van der Waals surface area contributed by atoms with Crippen LogP contribution in [-0.2, 0) is 5.41 Å². The fraction of sp³-hybridized carbons (Fsp3) is 0.500. The Balaban J connectivity index is 0.000000631. The molecule has 1 aromatic rings. The second-order valence-corrected chi connectivity index (χ2v) is 4.82. The molecule has 0 saturated carbocycles. The van der Waals surface area contributed by atoms with Crippen LogP contribution in [0, 0.1) is 0 Å². The lowest BCUT2D eigenvalue weighted by Crippen LogP contribution is -2.16. The quantitative estimate of drug-likeness (QED) is 0.756. The summed E-state index contributed by atoms with van der Waals surface area (Å²) in [6.45, 7) is 6.73. The molecule has 4 nitrogen and oxygen atoms in total. The Kier molecular flexibility index (Phi) is 6.86. The van der Waals surface area contributed by atoms with Crippen LogP contribution in [0.3, 0.4) is 0 Å². The van der Waals surface area contributed by atoms with E-state index in [9.17, 15) is 5.11 Å². The number of rotatable bonds is 4. The van der Waals surface area contributed by atoms with Gasteiger partial charge in [-0.25, -0.2) is 4.79 Å². The molecular weight excluding hydrogens is 232 g/mol. The Labute approximate surface area is 108 Å². The minimum absolute atomic E-state index is 0.226. The van der Waals surface area contributed by atoms with Crippen LogP contribution in [0.25, 0.3) is 0 Å². The zero-order chi connectivity index (χ0) is 14.2. The molecule has 0 radical (unpaired) electrons. The third-order valence-electron chi connectivity index (χ3n) is 2.80. The van der Waals surface area contributed by atoms with Crippen LogP contribution in [0.1, 0.15) is 45.6 Å². The van der Waals surface area contributed by atoms with Gasteiger partial charge in [0.1, 0.15) is 5.75 Å². The first-order valence-electron chi connectivity index (χ1n) is 6.01. The van der Waals surface area contributed by atoms with Gasteiger partial charge in [-0.05, 0) is 29.5 Å². The molecule has 1 rings (SSSR count). The fourth-order valence-electron chi connectivity index (χ4n) is 1.68. The summed E-state index contributed by atoms with van der Waals surface area (Å²) in [5.41, 5.74) is 1.53. The number of hydrogen-bond acceptors (Lipinski definition) is 2. The Morgan fingerprint density at radius 3 is 2.00 bits per heavy atom. The monoisotopic (exact) mass is 254 g/mol. The molecule has 0 unspecified atom stereocenters. The molecule has 0 bridgehead atoms. The van der Waals surface area contributed by atoms with Crippen LogP contribution in [0.4, 0.5) is 4.79 Å². The molecule has 1 aromatic carbocycles. The highest BCUT2D eigenvalue weighted by Crippen LogP contribution is 2.29. The Morgan fingerprint density at radius 2 is 1.61 bits per heavy atom. The topological polar surface area (TPSA) is 77.8 Å². The van der Waals surface area contributed by atoms with Crippen molar-refractivity contribution in [3.05, 3.63) is 29.8 Å². The van der Waals surface area contributed by atoms with E-state index in [0.717, 1.165) is 0 Å². The van der Waals surface area contributed by atoms with E-state index < -0.39 is 6.16 Å². The van der Waals surface area contributed by atoms with E-state index in [2.05, 4.69) is 20.8 Å². The Bertz CT molecular complexity index is 351. The van der Waals surface area contributed by atoms with E-state index >= 15 is 0 Å². The highest BCUT2D eigenvalue weighted by Gasteiger charge is 2.19. The summed E-state index contributed by atoms with van der Waals surface area (Å²) < 4.78 is 0. The number of carboxylic acid groups (broad SMARTS) is 2. The molecule has 0 aliphatic carbocycles. The average Bonchev–Trinajstić information content (AvgIpc) is 2.26. The molecule has 4 heteroatoms. The van der Waals surface area contributed by atoms with Crippen molar-refractivity contribution in [2.45, 2.75) is 45.4 Å². The number of carbonyl (C=O) groups is 1. The van der Waals surface area contributed by atoms with Gasteiger partial charge in [-0.3, -0.25) is 0 Å². The first-order chi connectivity index (χ1) is 8.29. The zero-order valence-corrected chi connectivity index (χ0v) is 11.2. The maximum atomic E-state index is 9.20. The van der Waals surface area contributed by atoms with Gasteiger partial charge in [0, 0.05) is 0 Å². The summed E-state index contributed by atoms with van der Waals surface area (Å²) in [7, 11) is 0. The number of phenolic OH excluding ortho intramolecular Hbond substituents is 1. The Morgan fingerprint density at radius 1 is 1.17 bits per heavy atom. The third kappa shape index (κ3) is 6.78. The van der Waals surface area contributed by atoms with E-state index in [4.69, 9.17) is 15.0 Å². The van der Waals surface area contributed by atoms with Gasteiger partial charge in [-0.2, -0.15) is 0 Å². The Hall–Kier alpha value is -1.71. The van der Waals surface area contributed by atoms with Gasteiger partial charge in [-0.1, -0.05) is 45.7 Å². The molecule has 18 heavy (non-hydrogen) atoms. The minimum Gasteiger partial charge on any atom is -0.508 e. The number of aromatic hydroxyl groups is 1. The van der Waals surface area contributed by atoms with Crippen LogP contribution >= 0.6 is 0 Å². The maximum Gasteiger partial charge on any atom is 0.503 e. The van der Waals surface area contributed by atoms with Crippen molar-refractivity contribution in [2.24, 2.45) is 0 Å². The SMILES string of the molecule is CCCCC(C)(C)c1ccc(O)cc1.O=C(O)O. The molecule has 0 spiro atoms. The average molecular weight is 254 g/mol. The highest BCUT2D eigenvalue weighted by atomic mass is 16.6. The first-order valence-corrected chi connectivity index (χ1v) is 6.01. The number of benzene rings is 1. The molecule has 0 heterocycles. The van der Waals surface area contributed by atoms with Crippen molar-refractivity contribution >= 4 is 6.16 Å². The number of phenols is 1. The van der Waals surface area contributed by atoms with Gasteiger partial charge in [0.2, 0.25) is 0 Å². The fourth-order valence-corrected chi connectivity index (χ4v) is 1.68. The smallest absolute Gasteiger partial charge is 0.503 e. The third-order valence-corrected chi connectivity index (χ3v) is 2.80. The van der Waals surface area contributed by atoms with E-state index in [1.165, 1.54) is 24.8 Å². The summed E-state index contributed by atoms with van der Waals surface area (Å²) in [6, 6.07) is 7.57. The molecule has 102 valence electrons.